The van der Waals surface area contributed by atoms with Crippen molar-refractivity contribution >= 4 is 17.7 Å². The molecule has 0 heterocycles. The summed E-state index contributed by atoms with van der Waals surface area (Å²) in [5.74, 6) is -2.22. The van der Waals surface area contributed by atoms with Crippen LogP contribution in [0.4, 0.5) is 0 Å². The lowest BCUT2D eigenvalue weighted by Gasteiger charge is -2.09. The van der Waals surface area contributed by atoms with Crippen molar-refractivity contribution in [3.05, 3.63) is 0 Å². The molecule has 0 aliphatic rings. The molecule has 0 spiro atoms. The molecule has 0 aromatic rings. The summed E-state index contributed by atoms with van der Waals surface area (Å²) in [5.41, 5.74) is 0. The van der Waals surface area contributed by atoms with Crippen LogP contribution in [0.15, 0.2) is 0 Å². The molecule has 0 aliphatic heterocycles. The summed E-state index contributed by atoms with van der Waals surface area (Å²) in [5, 5.41) is 0. The normalized spacial score (nSPS) is 11.6. The molecule has 0 amide bonds. The Kier molecular flexibility index (Phi) is 5.52. The Labute approximate surface area is 82.4 Å². The van der Waals surface area contributed by atoms with E-state index < -0.39 is 17.9 Å². The Morgan fingerprint density at radius 1 is 1.14 bits per heavy atom. The molecule has 5 heteroatoms. The average Bonchev–Trinajstić information content (AvgIpc) is 2.16. The zero-order valence-electron chi connectivity index (χ0n) is 8.53. The van der Waals surface area contributed by atoms with E-state index in [0.717, 1.165) is 0 Å². The van der Waals surface area contributed by atoms with Gasteiger partial charge in [-0.15, -0.1) is 0 Å². The van der Waals surface area contributed by atoms with E-state index in [9.17, 15) is 14.4 Å². The Morgan fingerprint density at radius 3 is 2.07 bits per heavy atom. The van der Waals surface area contributed by atoms with Gasteiger partial charge >= 0.3 is 11.9 Å². The van der Waals surface area contributed by atoms with Gasteiger partial charge in [0.25, 0.3) is 0 Å². The van der Waals surface area contributed by atoms with Crippen LogP contribution in [0.3, 0.4) is 0 Å². The third-order valence-electron chi connectivity index (χ3n) is 1.84. The number of ketones is 1. The first-order valence-electron chi connectivity index (χ1n) is 4.18. The summed E-state index contributed by atoms with van der Waals surface area (Å²) in [6.07, 6.45) is 0.171. The molecule has 1 atom stereocenters. The quantitative estimate of drug-likeness (QED) is 0.474. The lowest BCUT2D eigenvalue weighted by Crippen LogP contribution is -2.24. The average molecular weight is 202 g/mol. The van der Waals surface area contributed by atoms with Crippen molar-refractivity contribution in [2.24, 2.45) is 5.92 Å². The van der Waals surface area contributed by atoms with Crippen molar-refractivity contribution in [3.8, 4) is 0 Å². The fourth-order valence-corrected chi connectivity index (χ4v) is 0.994. The lowest BCUT2D eigenvalue weighted by molar-refractivity contribution is -0.149. The highest BCUT2D eigenvalue weighted by Gasteiger charge is 2.24. The monoisotopic (exact) mass is 202 g/mol. The van der Waals surface area contributed by atoms with Crippen molar-refractivity contribution in [3.63, 3.8) is 0 Å². The van der Waals surface area contributed by atoms with Gasteiger partial charge < -0.3 is 9.47 Å². The molecule has 0 aliphatic carbocycles. The van der Waals surface area contributed by atoms with E-state index in [1.54, 1.807) is 0 Å². The van der Waals surface area contributed by atoms with Crippen molar-refractivity contribution < 1.29 is 23.9 Å². The summed E-state index contributed by atoms with van der Waals surface area (Å²) < 4.78 is 8.82. The van der Waals surface area contributed by atoms with Gasteiger partial charge in [-0.05, 0) is 13.3 Å². The summed E-state index contributed by atoms with van der Waals surface area (Å²) in [7, 11) is 2.46. The molecule has 0 radical (unpaired) electrons. The number of hydrogen-bond donors (Lipinski definition) is 0. The standard InChI is InChI=1S/C9H14O5/c1-6(10)7(9(12)14-3)4-5-8(11)13-2/h7H,4-5H2,1-3H3/t7-/m0/s1. The van der Waals surface area contributed by atoms with E-state index >= 15 is 0 Å². The van der Waals surface area contributed by atoms with Crippen LogP contribution in [0.5, 0.6) is 0 Å². The molecule has 0 saturated heterocycles. The van der Waals surface area contributed by atoms with Gasteiger partial charge in [0.2, 0.25) is 0 Å². The van der Waals surface area contributed by atoms with Gasteiger partial charge in [-0.3, -0.25) is 14.4 Å². The van der Waals surface area contributed by atoms with Gasteiger partial charge in [0.15, 0.2) is 0 Å². The molecule has 0 N–H and O–H groups in total. The van der Waals surface area contributed by atoms with Gasteiger partial charge in [0.1, 0.15) is 11.7 Å². The number of ether oxygens (including phenoxy) is 2. The second-order valence-corrected chi connectivity index (χ2v) is 2.80. The highest BCUT2D eigenvalue weighted by Crippen LogP contribution is 2.10. The second-order valence-electron chi connectivity index (χ2n) is 2.80. The summed E-state index contributed by atoms with van der Waals surface area (Å²) in [6, 6.07) is 0. The maximum absolute atomic E-state index is 11.1. The third-order valence-corrected chi connectivity index (χ3v) is 1.84. The van der Waals surface area contributed by atoms with E-state index in [4.69, 9.17) is 0 Å². The van der Waals surface area contributed by atoms with Crippen LogP contribution in [0.25, 0.3) is 0 Å². The first kappa shape index (κ1) is 12.6. The van der Waals surface area contributed by atoms with Crippen LogP contribution in [0.1, 0.15) is 19.8 Å². The van der Waals surface area contributed by atoms with Crippen molar-refractivity contribution in [1.29, 1.82) is 0 Å². The smallest absolute Gasteiger partial charge is 0.316 e. The Bertz CT molecular complexity index is 233. The van der Waals surface area contributed by atoms with Gasteiger partial charge in [0, 0.05) is 6.42 Å². The van der Waals surface area contributed by atoms with Gasteiger partial charge in [0.05, 0.1) is 14.2 Å². The minimum atomic E-state index is -0.862. The van der Waals surface area contributed by atoms with Gasteiger partial charge in [-0.2, -0.15) is 0 Å². The van der Waals surface area contributed by atoms with Crippen LogP contribution in [0, 0.1) is 5.92 Å². The Morgan fingerprint density at radius 2 is 1.71 bits per heavy atom. The number of carbonyl (C=O) groups is 3. The first-order chi connectivity index (χ1) is 6.52. The second kappa shape index (κ2) is 6.12. The SMILES string of the molecule is COC(=O)CC[C@@H](C(C)=O)C(=O)OC. The summed E-state index contributed by atoms with van der Waals surface area (Å²) in [4.78, 5) is 32.8. The Hall–Kier alpha value is -1.39. The molecule has 0 aromatic heterocycles. The topological polar surface area (TPSA) is 69.7 Å². The minimum absolute atomic E-state index is 0.0375. The molecular formula is C9H14O5. The molecule has 0 fully saturated rings. The maximum Gasteiger partial charge on any atom is 0.316 e. The van der Waals surface area contributed by atoms with Crippen LogP contribution in [-0.2, 0) is 23.9 Å². The van der Waals surface area contributed by atoms with E-state index in [-0.39, 0.29) is 18.6 Å². The largest absolute Gasteiger partial charge is 0.469 e. The van der Waals surface area contributed by atoms with Gasteiger partial charge in [-0.25, -0.2) is 0 Å². The predicted molar refractivity (Wildman–Crippen MR) is 47.4 cm³/mol. The van der Waals surface area contributed by atoms with Gasteiger partial charge in [-0.1, -0.05) is 0 Å². The molecule has 0 unspecified atom stereocenters. The number of carbonyl (C=O) groups excluding carboxylic acids is 3. The zero-order chi connectivity index (χ0) is 11.1. The van der Waals surface area contributed by atoms with Crippen molar-refractivity contribution in [2.75, 3.05) is 14.2 Å². The molecule has 0 rings (SSSR count). The lowest BCUT2D eigenvalue weighted by atomic mass is 9.99. The molecule has 14 heavy (non-hydrogen) atoms. The third kappa shape index (κ3) is 4.02. The van der Waals surface area contributed by atoms with Crippen molar-refractivity contribution in [1.82, 2.24) is 0 Å². The molecule has 0 saturated carbocycles. The highest BCUT2D eigenvalue weighted by molar-refractivity contribution is 5.97. The minimum Gasteiger partial charge on any atom is -0.469 e. The molecule has 5 nitrogen and oxygen atoms in total. The van der Waals surface area contributed by atoms with Crippen molar-refractivity contribution in [2.45, 2.75) is 19.8 Å². The fourth-order valence-electron chi connectivity index (χ4n) is 0.994. The molecule has 0 bridgehead atoms. The maximum atomic E-state index is 11.1. The number of methoxy groups -OCH3 is 2. The summed E-state index contributed by atoms with van der Waals surface area (Å²) >= 11 is 0. The van der Waals surface area contributed by atoms with Crippen LogP contribution in [0.2, 0.25) is 0 Å². The summed E-state index contributed by atoms with van der Waals surface area (Å²) in [6.45, 7) is 1.29. The number of hydrogen-bond acceptors (Lipinski definition) is 5. The van der Waals surface area contributed by atoms with E-state index in [2.05, 4.69) is 9.47 Å². The number of Topliss-reactive ketones (excluding diaryl/α,β-unsaturated/α-hetero) is 1. The van der Waals surface area contributed by atoms with E-state index in [1.165, 1.54) is 21.1 Å². The number of esters is 2. The van der Waals surface area contributed by atoms with Crippen LogP contribution in [-0.4, -0.2) is 31.9 Å². The fraction of sp³-hybridized carbons (Fsp3) is 0.667. The zero-order valence-corrected chi connectivity index (χ0v) is 8.53. The highest BCUT2D eigenvalue weighted by atomic mass is 16.5. The molecule has 0 aromatic carbocycles. The van der Waals surface area contributed by atoms with E-state index in [0.29, 0.717) is 0 Å². The number of rotatable bonds is 5. The van der Waals surface area contributed by atoms with E-state index in [1.807, 2.05) is 0 Å². The molecule has 80 valence electrons. The Balaban J connectivity index is 4.18. The van der Waals surface area contributed by atoms with Crippen LogP contribution < -0.4 is 0 Å². The van der Waals surface area contributed by atoms with Crippen LogP contribution >= 0.6 is 0 Å². The first-order valence-corrected chi connectivity index (χ1v) is 4.18. The molecular weight excluding hydrogens is 188 g/mol. The predicted octanol–water partition coefficient (Wildman–Crippen LogP) is 0.318.